The summed E-state index contributed by atoms with van der Waals surface area (Å²) < 4.78 is 0. The third kappa shape index (κ3) is 4.23. The molecule has 126 valence electrons. The van der Waals surface area contributed by atoms with Crippen molar-refractivity contribution in [2.24, 2.45) is 0 Å². The summed E-state index contributed by atoms with van der Waals surface area (Å²) in [4.78, 5) is 13.2. The smallest absolute Gasteiger partial charge is 0.184 e. The minimum absolute atomic E-state index is 0.0983. The first kappa shape index (κ1) is 17.1. The van der Waals surface area contributed by atoms with Crippen LogP contribution in [0.25, 0.3) is 0 Å². The van der Waals surface area contributed by atoms with Gasteiger partial charge in [0, 0.05) is 11.6 Å². The number of Topliss-reactive ketones (excluding diaryl/α,β-unsaturated/α-hetero) is 1. The maximum atomic E-state index is 13.2. The number of nitrogens with one attached hydrogen (secondary N) is 1. The summed E-state index contributed by atoms with van der Waals surface area (Å²) in [5, 5.41) is 3.59. The lowest BCUT2D eigenvalue weighted by Gasteiger charge is -2.25. The first-order valence-electron chi connectivity index (χ1n) is 8.74. The van der Waals surface area contributed by atoms with E-state index in [4.69, 9.17) is 0 Å². The molecule has 3 aromatic carbocycles. The number of hydrogen-bond acceptors (Lipinski definition) is 2. The molecule has 2 atom stereocenters. The molecule has 0 radical (unpaired) electrons. The Kier molecular flexibility index (Phi) is 5.76. The molecule has 2 nitrogen and oxygen atoms in total. The number of benzene rings is 3. The Morgan fingerprint density at radius 2 is 1.24 bits per heavy atom. The molecule has 0 amide bonds. The molecule has 0 aliphatic heterocycles. The van der Waals surface area contributed by atoms with Crippen LogP contribution in [0.4, 0.5) is 0 Å². The Morgan fingerprint density at radius 1 is 0.760 bits per heavy atom. The number of ketones is 1. The van der Waals surface area contributed by atoms with Crippen LogP contribution in [0.3, 0.4) is 0 Å². The standard InChI is InChI=1S/C23H23NO/c1-2-21(18-12-6-3-7-13-18)24-22(19-14-8-4-9-15-19)23(25)20-16-10-5-11-17-20/h3-17,21-22,24H,2H2,1H3/t21-,22-/m0/s1. The van der Waals surface area contributed by atoms with Gasteiger partial charge < -0.3 is 0 Å². The van der Waals surface area contributed by atoms with E-state index in [2.05, 4.69) is 24.4 Å². The predicted octanol–water partition coefficient (Wildman–Crippen LogP) is 5.35. The molecule has 0 fully saturated rings. The van der Waals surface area contributed by atoms with Gasteiger partial charge in [0.05, 0.1) is 6.04 Å². The molecule has 0 saturated carbocycles. The molecule has 0 spiro atoms. The first-order chi connectivity index (χ1) is 12.3. The monoisotopic (exact) mass is 329 g/mol. The highest BCUT2D eigenvalue weighted by Gasteiger charge is 2.24. The number of carbonyl (C=O) groups excluding carboxylic acids is 1. The van der Waals surface area contributed by atoms with Gasteiger partial charge in [-0.25, -0.2) is 0 Å². The largest absolute Gasteiger partial charge is 0.297 e. The van der Waals surface area contributed by atoms with Crippen molar-refractivity contribution in [3.63, 3.8) is 0 Å². The van der Waals surface area contributed by atoms with E-state index in [0.29, 0.717) is 0 Å². The van der Waals surface area contributed by atoms with Crippen molar-refractivity contribution in [1.82, 2.24) is 5.32 Å². The second-order valence-electron chi connectivity index (χ2n) is 6.11. The van der Waals surface area contributed by atoms with Crippen LogP contribution in [0, 0.1) is 0 Å². The van der Waals surface area contributed by atoms with Crippen molar-refractivity contribution in [1.29, 1.82) is 0 Å². The fraction of sp³-hybridized carbons (Fsp3) is 0.174. The van der Waals surface area contributed by atoms with Crippen molar-refractivity contribution in [2.75, 3.05) is 0 Å². The summed E-state index contributed by atoms with van der Waals surface area (Å²) in [5.41, 5.74) is 2.92. The number of rotatable bonds is 7. The molecule has 3 aromatic rings. The highest BCUT2D eigenvalue weighted by atomic mass is 16.1. The van der Waals surface area contributed by atoms with E-state index >= 15 is 0 Å². The van der Waals surface area contributed by atoms with Gasteiger partial charge in [0.1, 0.15) is 0 Å². The maximum absolute atomic E-state index is 13.2. The van der Waals surface area contributed by atoms with Gasteiger partial charge in [-0.05, 0) is 17.5 Å². The zero-order valence-corrected chi connectivity index (χ0v) is 14.4. The molecule has 0 saturated heterocycles. The normalized spacial score (nSPS) is 13.2. The molecule has 0 aromatic heterocycles. The molecule has 3 rings (SSSR count). The van der Waals surface area contributed by atoms with Crippen LogP contribution in [0.1, 0.15) is 46.9 Å². The maximum Gasteiger partial charge on any atom is 0.184 e. The van der Waals surface area contributed by atoms with Crippen LogP contribution < -0.4 is 5.32 Å². The topological polar surface area (TPSA) is 29.1 Å². The van der Waals surface area contributed by atoms with Crippen molar-refractivity contribution < 1.29 is 4.79 Å². The SMILES string of the molecule is CC[C@H](N[C@H](C(=O)c1ccccc1)c1ccccc1)c1ccccc1. The Labute approximate surface area is 149 Å². The van der Waals surface area contributed by atoms with E-state index in [1.807, 2.05) is 78.9 Å². The zero-order chi connectivity index (χ0) is 17.5. The molecule has 0 unspecified atom stereocenters. The van der Waals surface area contributed by atoms with Crippen LogP contribution in [-0.2, 0) is 0 Å². The van der Waals surface area contributed by atoms with Gasteiger partial charge in [-0.3, -0.25) is 10.1 Å². The molecule has 0 heterocycles. The quantitative estimate of drug-likeness (QED) is 0.592. The van der Waals surface area contributed by atoms with E-state index in [1.54, 1.807) is 0 Å². The molecule has 2 heteroatoms. The molecular formula is C23H23NO. The van der Waals surface area contributed by atoms with Gasteiger partial charge >= 0.3 is 0 Å². The van der Waals surface area contributed by atoms with Crippen LogP contribution >= 0.6 is 0 Å². The molecule has 1 N–H and O–H groups in total. The summed E-state index contributed by atoms with van der Waals surface area (Å²) >= 11 is 0. The van der Waals surface area contributed by atoms with Crippen LogP contribution in [-0.4, -0.2) is 5.78 Å². The van der Waals surface area contributed by atoms with Gasteiger partial charge in [-0.2, -0.15) is 0 Å². The van der Waals surface area contributed by atoms with Gasteiger partial charge in [-0.15, -0.1) is 0 Å². The van der Waals surface area contributed by atoms with E-state index in [1.165, 1.54) is 5.56 Å². The molecular weight excluding hydrogens is 306 g/mol. The Morgan fingerprint density at radius 3 is 1.76 bits per heavy atom. The lowest BCUT2D eigenvalue weighted by atomic mass is 9.94. The Bertz CT molecular complexity index is 784. The minimum Gasteiger partial charge on any atom is -0.297 e. The fourth-order valence-electron chi connectivity index (χ4n) is 3.07. The van der Waals surface area contributed by atoms with Crippen LogP contribution in [0.15, 0.2) is 91.0 Å². The van der Waals surface area contributed by atoms with E-state index < -0.39 is 0 Å². The highest BCUT2D eigenvalue weighted by Crippen LogP contribution is 2.25. The summed E-state index contributed by atoms with van der Waals surface area (Å²) in [5.74, 6) is 0.0983. The fourth-order valence-corrected chi connectivity index (χ4v) is 3.07. The van der Waals surface area contributed by atoms with E-state index in [0.717, 1.165) is 17.5 Å². The average Bonchev–Trinajstić information content (AvgIpc) is 2.70. The second kappa shape index (κ2) is 8.41. The predicted molar refractivity (Wildman–Crippen MR) is 103 cm³/mol. The zero-order valence-electron chi connectivity index (χ0n) is 14.4. The number of carbonyl (C=O) groups is 1. The van der Waals surface area contributed by atoms with Crippen molar-refractivity contribution in [3.8, 4) is 0 Å². The first-order valence-corrected chi connectivity index (χ1v) is 8.74. The van der Waals surface area contributed by atoms with Crippen molar-refractivity contribution in [3.05, 3.63) is 108 Å². The summed E-state index contributed by atoms with van der Waals surface area (Å²) in [6.07, 6.45) is 0.912. The Hall–Kier alpha value is -2.71. The molecule has 0 aliphatic carbocycles. The van der Waals surface area contributed by atoms with E-state index in [-0.39, 0.29) is 17.9 Å². The van der Waals surface area contributed by atoms with E-state index in [9.17, 15) is 4.79 Å². The van der Waals surface area contributed by atoms with Gasteiger partial charge in [0.2, 0.25) is 0 Å². The lowest BCUT2D eigenvalue weighted by Crippen LogP contribution is -2.32. The highest BCUT2D eigenvalue weighted by molar-refractivity contribution is 6.00. The van der Waals surface area contributed by atoms with Crippen molar-refractivity contribution >= 4 is 5.78 Å². The third-order valence-electron chi connectivity index (χ3n) is 4.43. The van der Waals surface area contributed by atoms with Gasteiger partial charge in [-0.1, -0.05) is 97.9 Å². The summed E-state index contributed by atoms with van der Waals surface area (Å²) in [7, 11) is 0. The van der Waals surface area contributed by atoms with Crippen LogP contribution in [0.5, 0.6) is 0 Å². The summed E-state index contributed by atoms with van der Waals surface area (Å²) in [6.45, 7) is 2.14. The van der Waals surface area contributed by atoms with Gasteiger partial charge in [0.15, 0.2) is 5.78 Å². The lowest BCUT2D eigenvalue weighted by molar-refractivity contribution is 0.0935. The van der Waals surface area contributed by atoms with Crippen molar-refractivity contribution in [2.45, 2.75) is 25.4 Å². The molecule has 0 bridgehead atoms. The van der Waals surface area contributed by atoms with Crippen LogP contribution in [0.2, 0.25) is 0 Å². The number of hydrogen-bond donors (Lipinski definition) is 1. The third-order valence-corrected chi connectivity index (χ3v) is 4.43. The minimum atomic E-state index is -0.367. The molecule has 0 aliphatic rings. The average molecular weight is 329 g/mol. The Balaban J connectivity index is 1.93. The summed E-state index contributed by atoms with van der Waals surface area (Å²) in [6, 6.07) is 29.5. The molecule has 25 heavy (non-hydrogen) atoms. The second-order valence-corrected chi connectivity index (χ2v) is 6.11. The van der Waals surface area contributed by atoms with Gasteiger partial charge in [0.25, 0.3) is 0 Å².